The molecule has 1 aromatic rings. The molecule has 0 saturated carbocycles. The first-order chi connectivity index (χ1) is 7.52. The molecule has 0 aromatic heterocycles. The van der Waals surface area contributed by atoms with E-state index < -0.39 is 0 Å². The molecule has 0 aliphatic heterocycles. The van der Waals surface area contributed by atoms with Crippen LogP contribution in [0.3, 0.4) is 0 Å². The number of hydrogen-bond donors (Lipinski definition) is 2. The van der Waals surface area contributed by atoms with Crippen molar-refractivity contribution in [2.75, 3.05) is 0 Å². The minimum absolute atomic E-state index is 0.0419. The van der Waals surface area contributed by atoms with Gasteiger partial charge in [0.25, 0.3) is 0 Å². The van der Waals surface area contributed by atoms with Crippen molar-refractivity contribution in [3.8, 4) is 0 Å². The smallest absolute Gasteiger partial charge is 0.0558 e. The third-order valence-corrected chi connectivity index (χ3v) is 3.20. The summed E-state index contributed by atoms with van der Waals surface area (Å²) in [6, 6.07) is 10.3. The summed E-state index contributed by atoms with van der Waals surface area (Å²) in [6.07, 6.45) is 0.482. The summed E-state index contributed by atoms with van der Waals surface area (Å²) in [5, 5.41) is 9.81. The van der Waals surface area contributed by atoms with E-state index in [1.54, 1.807) is 0 Å². The number of nitrogens with two attached hydrogens (primary N) is 1. The van der Waals surface area contributed by atoms with Gasteiger partial charge in [-0.05, 0) is 24.8 Å². The molecule has 0 amide bonds. The van der Waals surface area contributed by atoms with Gasteiger partial charge in [-0.3, -0.25) is 0 Å². The molecule has 0 spiro atoms. The van der Waals surface area contributed by atoms with Gasteiger partial charge in [0, 0.05) is 12.0 Å². The van der Waals surface area contributed by atoms with Crippen LogP contribution in [0.25, 0.3) is 0 Å². The van der Waals surface area contributed by atoms with E-state index >= 15 is 0 Å². The highest BCUT2D eigenvalue weighted by Crippen LogP contribution is 2.19. The normalized spacial score (nSPS) is 17.1. The van der Waals surface area contributed by atoms with Gasteiger partial charge in [-0.2, -0.15) is 0 Å². The monoisotopic (exact) mass is 221 g/mol. The van der Waals surface area contributed by atoms with Crippen LogP contribution < -0.4 is 5.73 Å². The molecule has 16 heavy (non-hydrogen) atoms. The Morgan fingerprint density at radius 2 is 1.69 bits per heavy atom. The SMILES string of the molecule is CC(C)C(N)[C@H](Cc1ccccc1)[C@H](C)O. The fourth-order valence-electron chi connectivity index (χ4n) is 2.01. The predicted octanol–water partition coefficient (Wildman–Crippen LogP) is 2.21. The number of benzene rings is 1. The lowest BCUT2D eigenvalue weighted by Crippen LogP contribution is -2.41. The second kappa shape index (κ2) is 6.02. The molecule has 0 saturated heterocycles. The summed E-state index contributed by atoms with van der Waals surface area (Å²) in [6.45, 7) is 6.03. The summed E-state index contributed by atoms with van der Waals surface area (Å²) in [5.74, 6) is 0.519. The summed E-state index contributed by atoms with van der Waals surface area (Å²) < 4.78 is 0. The number of rotatable bonds is 5. The Balaban J connectivity index is 2.73. The van der Waals surface area contributed by atoms with E-state index in [0.717, 1.165) is 6.42 Å². The van der Waals surface area contributed by atoms with E-state index in [1.807, 2.05) is 25.1 Å². The Labute approximate surface area is 98.5 Å². The molecule has 0 heterocycles. The van der Waals surface area contributed by atoms with Crippen LogP contribution in [-0.2, 0) is 6.42 Å². The molecule has 2 nitrogen and oxygen atoms in total. The van der Waals surface area contributed by atoms with Crippen LogP contribution in [0.15, 0.2) is 30.3 Å². The minimum Gasteiger partial charge on any atom is -0.393 e. The van der Waals surface area contributed by atoms with Crippen molar-refractivity contribution in [2.24, 2.45) is 17.6 Å². The van der Waals surface area contributed by atoms with Gasteiger partial charge in [0.2, 0.25) is 0 Å². The fourth-order valence-corrected chi connectivity index (χ4v) is 2.01. The maximum Gasteiger partial charge on any atom is 0.0558 e. The molecule has 0 radical (unpaired) electrons. The topological polar surface area (TPSA) is 46.2 Å². The third kappa shape index (κ3) is 3.62. The van der Waals surface area contributed by atoms with E-state index in [9.17, 15) is 5.11 Å². The van der Waals surface area contributed by atoms with Crippen LogP contribution in [0.1, 0.15) is 26.3 Å². The number of aliphatic hydroxyl groups is 1. The number of hydrogen-bond acceptors (Lipinski definition) is 2. The van der Waals surface area contributed by atoms with E-state index in [-0.39, 0.29) is 18.1 Å². The zero-order chi connectivity index (χ0) is 12.1. The van der Waals surface area contributed by atoms with Crippen LogP contribution in [0.5, 0.6) is 0 Å². The van der Waals surface area contributed by atoms with Crippen molar-refractivity contribution in [1.82, 2.24) is 0 Å². The highest BCUT2D eigenvalue weighted by Gasteiger charge is 2.25. The van der Waals surface area contributed by atoms with Crippen LogP contribution in [0.4, 0.5) is 0 Å². The van der Waals surface area contributed by atoms with E-state index in [4.69, 9.17) is 5.73 Å². The molecule has 0 bridgehead atoms. The minimum atomic E-state index is -0.363. The fraction of sp³-hybridized carbons (Fsp3) is 0.571. The first-order valence-electron chi connectivity index (χ1n) is 6.00. The molecular weight excluding hydrogens is 198 g/mol. The maximum atomic E-state index is 9.81. The quantitative estimate of drug-likeness (QED) is 0.800. The Hall–Kier alpha value is -0.860. The Bertz CT molecular complexity index is 295. The van der Waals surface area contributed by atoms with E-state index in [2.05, 4.69) is 26.0 Å². The molecule has 90 valence electrons. The Morgan fingerprint density at radius 3 is 2.12 bits per heavy atom. The summed E-state index contributed by atoms with van der Waals surface area (Å²) in [4.78, 5) is 0. The van der Waals surface area contributed by atoms with Crippen molar-refractivity contribution in [2.45, 2.75) is 39.3 Å². The molecule has 3 N–H and O–H groups in total. The molecule has 1 unspecified atom stereocenters. The van der Waals surface area contributed by atoms with Crippen molar-refractivity contribution in [1.29, 1.82) is 0 Å². The highest BCUT2D eigenvalue weighted by atomic mass is 16.3. The second-order valence-corrected chi connectivity index (χ2v) is 4.92. The zero-order valence-electron chi connectivity index (χ0n) is 10.4. The van der Waals surface area contributed by atoms with Gasteiger partial charge in [-0.15, -0.1) is 0 Å². The number of aliphatic hydroxyl groups excluding tert-OH is 1. The van der Waals surface area contributed by atoms with Crippen molar-refractivity contribution < 1.29 is 5.11 Å². The Kier molecular flexibility index (Phi) is 4.97. The lowest BCUT2D eigenvalue weighted by Gasteiger charge is -2.29. The third-order valence-electron chi connectivity index (χ3n) is 3.20. The summed E-state index contributed by atoms with van der Waals surface area (Å²) in [5.41, 5.74) is 7.39. The van der Waals surface area contributed by atoms with Crippen LogP contribution in [-0.4, -0.2) is 17.3 Å². The van der Waals surface area contributed by atoms with Crippen molar-refractivity contribution in [3.05, 3.63) is 35.9 Å². The molecule has 1 rings (SSSR count). The standard InChI is InChI=1S/C14H23NO/c1-10(2)14(15)13(11(3)16)9-12-7-5-4-6-8-12/h4-8,10-11,13-14,16H,9,15H2,1-3H3/t11-,13+,14?/m0/s1. The molecule has 0 aliphatic carbocycles. The molecular formula is C14H23NO. The molecule has 0 aliphatic rings. The van der Waals surface area contributed by atoms with E-state index in [1.165, 1.54) is 5.56 Å². The maximum absolute atomic E-state index is 9.81. The molecule has 0 fully saturated rings. The molecule has 1 aromatic carbocycles. The van der Waals surface area contributed by atoms with Crippen LogP contribution in [0, 0.1) is 11.8 Å². The molecule has 3 atom stereocenters. The first kappa shape index (κ1) is 13.2. The average molecular weight is 221 g/mol. The Morgan fingerprint density at radius 1 is 1.12 bits per heavy atom. The van der Waals surface area contributed by atoms with Crippen molar-refractivity contribution >= 4 is 0 Å². The summed E-state index contributed by atoms with van der Waals surface area (Å²) in [7, 11) is 0. The van der Waals surface area contributed by atoms with Crippen LogP contribution >= 0.6 is 0 Å². The van der Waals surface area contributed by atoms with Gasteiger partial charge < -0.3 is 10.8 Å². The van der Waals surface area contributed by atoms with Gasteiger partial charge >= 0.3 is 0 Å². The lowest BCUT2D eigenvalue weighted by atomic mass is 9.83. The van der Waals surface area contributed by atoms with Gasteiger partial charge in [0.15, 0.2) is 0 Å². The van der Waals surface area contributed by atoms with Gasteiger partial charge in [0.05, 0.1) is 6.10 Å². The lowest BCUT2D eigenvalue weighted by molar-refractivity contribution is 0.0978. The average Bonchev–Trinajstić information content (AvgIpc) is 2.26. The molecule has 2 heteroatoms. The first-order valence-corrected chi connectivity index (χ1v) is 6.00. The second-order valence-electron chi connectivity index (χ2n) is 4.92. The van der Waals surface area contributed by atoms with Crippen LogP contribution in [0.2, 0.25) is 0 Å². The van der Waals surface area contributed by atoms with Gasteiger partial charge in [-0.1, -0.05) is 44.2 Å². The zero-order valence-corrected chi connectivity index (χ0v) is 10.4. The highest BCUT2D eigenvalue weighted by molar-refractivity contribution is 5.16. The van der Waals surface area contributed by atoms with E-state index in [0.29, 0.717) is 5.92 Å². The van der Waals surface area contributed by atoms with Gasteiger partial charge in [-0.25, -0.2) is 0 Å². The van der Waals surface area contributed by atoms with Crippen molar-refractivity contribution in [3.63, 3.8) is 0 Å². The van der Waals surface area contributed by atoms with Gasteiger partial charge in [0.1, 0.15) is 0 Å². The largest absolute Gasteiger partial charge is 0.393 e. The predicted molar refractivity (Wildman–Crippen MR) is 68.1 cm³/mol. The summed E-state index contributed by atoms with van der Waals surface area (Å²) >= 11 is 0.